The first-order valence-electron chi connectivity index (χ1n) is 6.60. The zero-order valence-electron chi connectivity index (χ0n) is 11.7. The minimum atomic E-state index is -0.484. The molecule has 1 aromatic heterocycles. The smallest absolute Gasteiger partial charge is 0.250 e. The molecule has 114 valence electrons. The fraction of sp³-hybridized carbons (Fsp3) is 0.462. The van der Waals surface area contributed by atoms with Gasteiger partial charge in [-0.2, -0.15) is 0 Å². The summed E-state index contributed by atoms with van der Waals surface area (Å²) in [6.07, 6.45) is 1.57. The molecule has 1 atom stereocenters. The number of amides is 2. The van der Waals surface area contributed by atoms with Crippen molar-refractivity contribution < 1.29 is 14.3 Å². The van der Waals surface area contributed by atoms with E-state index >= 15 is 0 Å². The van der Waals surface area contributed by atoms with E-state index in [1.54, 1.807) is 19.4 Å². The standard InChI is InChI=1S/C13H18N4O4/c1-21-5-4-17-8-9(2-3-12(17)19)16-13(20)10-6-15-11(18)7-14-10/h2-3,8,10,14H,4-7H2,1H3,(H,15,18)(H,16,20). The Kier molecular flexibility index (Phi) is 5.07. The number of methoxy groups -OCH3 is 1. The Hall–Kier alpha value is -2.19. The molecule has 0 radical (unpaired) electrons. The topological polar surface area (TPSA) is 101 Å². The Morgan fingerprint density at radius 2 is 2.29 bits per heavy atom. The number of hydrogen-bond donors (Lipinski definition) is 3. The van der Waals surface area contributed by atoms with E-state index in [1.807, 2.05) is 0 Å². The van der Waals surface area contributed by atoms with Crippen molar-refractivity contribution >= 4 is 17.5 Å². The van der Waals surface area contributed by atoms with Crippen LogP contribution in [0, 0.1) is 0 Å². The van der Waals surface area contributed by atoms with Crippen LogP contribution >= 0.6 is 0 Å². The molecule has 3 N–H and O–H groups in total. The number of pyridine rings is 1. The Bertz CT molecular complexity index is 574. The van der Waals surface area contributed by atoms with Gasteiger partial charge in [-0.1, -0.05) is 0 Å². The number of aromatic nitrogens is 1. The maximum atomic E-state index is 12.0. The Morgan fingerprint density at radius 3 is 2.95 bits per heavy atom. The minimum Gasteiger partial charge on any atom is -0.383 e. The fourth-order valence-corrected chi connectivity index (χ4v) is 1.95. The lowest BCUT2D eigenvalue weighted by Gasteiger charge is -2.23. The maximum absolute atomic E-state index is 12.0. The van der Waals surface area contributed by atoms with Crippen LogP contribution < -0.4 is 21.5 Å². The molecule has 0 saturated carbocycles. The summed E-state index contributed by atoms with van der Waals surface area (Å²) in [4.78, 5) is 34.7. The molecule has 1 aliphatic rings. The molecule has 1 aliphatic heterocycles. The summed E-state index contributed by atoms with van der Waals surface area (Å²) >= 11 is 0. The van der Waals surface area contributed by atoms with Crippen LogP contribution in [0.4, 0.5) is 5.69 Å². The van der Waals surface area contributed by atoms with Crippen molar-refractivity contribution in [2.75, 3.05) is 32.1 Å². The van der Waals surface area contributed by atoms with Gasteiger partial charge in [0.1, 0.15) is 6.04 Å². The second kappa shape index (κ2) is 7.00. The molecule has 21 heavy (non-hydrogen) atoms. The quantitative estimate of drug-likeness (QED) is 0.615. The van der Waals surface area contributed by atoms with Crippen LogP contribution in [-0.4, -0.2) is 49.2 Å². The molecular weight excluding hydrogens is 276 g/mol. The molecule has 8 heteroatoms. The summed E-state index contributed by atoms with van der Waals surface area (Å²) in [5, 5.41) is 8.17. The molecule has 2 heterocycles. The monoisotopic (exact) mass is 294 g/mol. The van der Waals surface area contributed by atoms with Gasteiger partial charge in [-0.05, 0) is 6.07 Å². The normalized spacial score (nSPS) is 18.1. The average Bonchev–Trinajstić information content (AvgIpc) is 2.48. The number of nitrogens with one attached hydrogen (secondary N) is 3. The first-order valence-corrected chi connectivity index (χ1v) is 6.60. The third-order valence-corrected chi connectivity index (χ3v) is 3.12. The molecule has 1 saturated heterocycles. The number of ether oxygens (including phenoxy) is 1. The van der Waals surface area contributed by atoms with Crippen LogP contribution in [0.25, 0.3) is 0 Å². The van der Waals surface area contributed by atoms with Gasteiger partial charge in [0.2, 0.25) is 11.8 Å². The lowest BCUT2D eigenvalue weighted by atomic mass is 10.2. The lowest BCUT2D eigenvalue weighted by molar-refractivity contribution is -0.124. The van der Waals surface area contributed by atoms with Gasteiger partial charge in [0, 0.05) is 32.5 Å². The van der Waals surface area contributed by atoms with E-state index in [1.165, 1.54) is 10.6 Å². The van der Waals surface area contributed by atoms with Gasteiger partial charge in [0.05, 0.1) is 18.8 Å². The number of carbonyl (C=O) groups is 2. The lowest BCUT2D eigenvalue weighted by Crippen LogP contribution is -2.56. The first-order chi connectivity index (χ1) is 10.1. The van der Waals surface area contributed by atoms with Crippen molar-refractivity contribution in [3.05, 3.63) is 28.7 Å². The Balaban J connectivity index is 2.00. The molecule has 1 fully saturated rings. The largest absolute Gasteiger partial charge is 0.383 e. The third kappa shape index (κ3) is 4.14. The highest BCUT2D eigenvalue weighted by molar-refractivity contribution is 5.96. The number of hydrogen-bond acceptors (Lipinski definition) is 5. The molecule has 0 spiro atoms. The molecule has 1 unspecified atom stereocenters. The number of anilines is 1. The van der Waals surface area contributed by atoms with Crippen LogP contribution in [0.1, 0.15) is 0 Å². The molecule has 2 amide bonds. The highest BCUT2D eigenvalue weighted by Gasteiger charge is 2.23. The van der Waals surface area contributed by atoms with Crippen molar-refractivity contribution in [3.63, 3.8) is 0 Å². The van der Waals surface area contributed by atoms with Gasteiger partial charge in [0.15, 0.2) is 0 Å². The molecule has 1 aromatic rings. The molecule has 8 nitrogen and oxygen atoms in total. The summed E-state index contributed by atoms with van der Waals surface area (Å²) in [7, 11) is 1.56. The fourth-order valence-electron chi connectivity index (χ4n) is 1.95. The van der Waals surface area contributed by atoms with Crippen molar-refractivity contribution in [2.24, 2.45) is 0 Å². The molecule has 0 aromatic carbocycles. The predicted octanol–water partition coefficient (Wildman–Crippen LogP) is -1.48. The number of carbonyl (C=O) groups excluding carboxylic acids is 2. The number of nitrogens with zero attached hydrogens (tertiary/aromatic N) is 1. The highest BCUT2D eigenvalue weighted by Crippen LogP contribution is 2.04. The van der Waals surface area contributed by atoms with Gasteiger partial charge in [-0.25, -0.2) is 0 Å². The van der Waals surface area contributed by atoms with E-state index in [0.717, 1.165) is 0 Å². The summed E-state index contributed by atoms with van der Waals surface area (Å²) in [6, 6.07) is 2.45. The Morgan fingerprint density at radius 1 is 1.48 bits per heavy atom. The van der Waals surface area contributed by atoms with E-state index in [4.69, 9.17) is 4.74 Å². The molecule has 0 aliphatic carbocycles. The summed E-state index contributed by atoms with van der Waals surface area (Å²) in [5.74, 6) is -0.390. The second-order valence-corrected chi connectivity index (χ2v) is 4.67. The van der Waals surface area contributed by atoms with Gasteiger partial charge in [-0.15, -0.1) is 0 Å². The van der Waals surface area contributed by atoms with Crippen molar-refractivity contribution in [3.8, 4) is 0 Å². The molecule has 2 rings (SSSR count). The van der Waals surface area contributed by atoms with Crippen LogP contribution in [0.2, 0.25) is 0 Å². The first kappa shape index (κ1) is 15.2. The average molecular weight is 294 g/mol. The molecule has 0 bridgehead atoms. The number of rotatable bonds is 5. The second-order valence-electron chi connectivity index (χ2n) is 4.67. The van der Waals surface area contributed by atoms with E-state index in [-0.39, 0.29) is 30.5 Å². The summed E-state index contributed by atoms with van der Waals surface area (Å²) < 4.78 is 6.40. The van der Waals surface area contributed by atoms with E-state index in [2.05, 4.69) is 16.0 Å². The van der Waals surface area contributed by atoms with E-state index < -0.39 is 6.04 Å². The van der Waals surface area contributed by atoms with Crippen LogP contribution in [0.15, 0.2) is 23.1 Å². The van der Waals surface area contributed by atoms with E-state index in [9.17, 15) is 14.4 Å². The maximum Gasteiger partial charge on any atom is 0.250 e. The molecular formula is C13H18N4O4. The number of piperazine rings is 1. The minimum absolute atomic E-state index is 0.116. The zero-order chi connectivity index (χ0) is 15.2. The summed E-state index contributed by atoms with van der Waals surface area (Å²) in [6.45, 7) is 1.18. The SMILES string of the molecule is COCCn1cc(NC(=O)C2CNC(=O)CN2)ccc1=O. The van der Waals surface area contributed by atoms with Gasteiger partial charge >= 0.3 is 0 Å². The zero-order valence-corrected chi connectivity index (χ0v) is 11.7. The van der Waals surface area contributed by atoms with Crippen molar-refractivity contribution in [1.82, 2.24) is 15.2 Å². The summed E-state index contributed by atoms with van der Waals surface area (Å²) in [5.41, 5.74) is 0.363. The van der Waals surface area contributed by atoms with Crippen LogP contribution in [0.3, 0.4) is 0 Å². The van der Waals surface area contributed by atoms with Gasteiger partial charge < -0.3 is 19.9 Å². The van der Waals surface area contributed by atoms with Crippen LogP contribution in [0.5, 0.6) is 0 Å². The van der Waals surface area contributed by atoms with E-state index in [0.29, 0.717) is 18.8 Å². The predicted molar refractivity (Wildman–Crippen MR) is 76.0 cm³/mol. The Labute approximate surface area is 121 Å². The van der Waals surface area contributed by atoms with Crippen LogP contribution in [-0.2, 0) is 20.9 Å². The third-order valence-electron chi connectivity index (χ3n) is 3.12. The highest BCUT2D eigenvalue weighted by atomic mass is 16.5. The van der Waals surface area contributed by atoms with Gasteiger partial charge in [0.25, 0.3) is 5.56 Å². The van der Waals surface area contributed by atoms with Gasteiger partial charge in [-0.3, -0.25) is 19.7 Å². The van der Waals surface area contributed by atoms with Crippen molar-refractivity contribution in [1.29, 1.82) is 0 Å². The van der Waals surface area contributed by atoms with Crippen molar-refractivity contribution in [2.45, 2.75) is 12.6 Å².